The van der Waals surface area contributed by atoms with Gasteiger partial charge >= 0.3 is 0 Å². The molecule has 0 bridgehead atoms. The highest BCUT2D eigenvalue weighted by molar-refractivity contribution is 7.22. The van der Waals surface area contributed by atoms with Gasteiger partial charge in [0.25, 0.3) is 0 Å². The minimum Gasteiger partial charge on any atom is -0.378 e. The van der Waals surface area contributed by atoms with E-state index in [0.717, 1.165) is 54.8 Å². The first-order valence-electron chi connectivity index (χ1n) is 9.39. The second-order valence-corrected chi connectivity index (χ2v) is 7.95. The zero-order valence-electron chi connectivity index (χ0n) is 15.6. The number of benzene rings is 1. The number of aromatic nitrogens is 3. The molecule has 0 atom stereocenters. The van der Waals surface area contributed by atoms with Crippen molar-refractivity contribution in [3.63, 3.8) is 0 Å². The van der Waals surface area contributed by atoms with Crippen LogP contribution in [0.3, 0.4) is 0 Å². The van der Waals surface area contributed by atoms with Crippen LogP contribution in [-0.4, -0.2) is 41.3 Å². The fourth-order valence-corrected chi connectivity index (χ4v) is 4.54. The monoisotopic (exact) mass is 388 g/mol. The van der Waals surface area contributed by atoms with E-state index in [4.69, 9.17) is 4.74 Å². The van der Waals surface area contributed by atoms with E-state index in [1.165, 1.54) is 15.0 Å². The first kappa shape index (κ1) is 17.3. The first-order valence-corrected chi connectivity index (χ1v) is 10.2. The van der Waals surface area contributed by atoms with Crippen LogP contribution in [0.1, 0.15) is 5.82 Å². The van der Waals surface area contributed by atoms with Crippen molar-refractivity contribution in [2.45, 2.75) is 6.92 Å². The molecule has 1 aliphatic rings. The lowest BCUT2D eigenvalue weighted by atomic mass is 10.1. The lowest BCUT2D eigenvalue weighted by molar-refractivity contribution is 0.122. The molecule has 5 nitrogen and oxygen atoms in total. The molecule has 1 aliphatic heterocycles. The van der Waals surface area contributed by atoms with E-state index in [2.05, 4.69) is 62.3 Å². The zero-order valence-corrected chi connectivity index (χ0v) is 16.4. The number of thiophene rings is 1. The molecular formula is C22H20N4OS. The molecular weight excluding hydrogens is 368 g/mol. The molecule has 0 saturated carbocycles. The summed E-state index contributed by atoms with van der Waals surface area (Å²) in [7, 11) is 0. The van der Waals surface area contributed by atoms with E-state index >= 15 is 0 Å². The number of ether oxygens (including phenoxy) is 1. The number of anilines is 1. The van der Waals surface area contributed by atoms with E-state index in [1.54, 1.807) is 11.3 Å². The summed E-state index contributed by atoms with van der Waals surface area (Å²) in [5.74, 6) is 1.73. The summed E-state index contributed by atoms with van der Waals surface area (Å²) in [6.45, 7) is 5.13. The highest BCUT2D eigenvalue weighted by Gasteiger charge is 2.15. The number of hydrogen-bond acceptors (Lipinski definition) is 6. The van der Waals surface area contributed by atoms with Crippen LogP contribution in [-0.2, 0) is 4.74 Å². The third-order valence-electron chi connectivity index (χ3n) is 4.90. The molecule has 6 heteroatoms. The van der Waals surface area contributed by atoms with E-state index in [-0.39, 0.29) is 0 Å². The van der Waals surface area contributed by atoms with Crippen LogP contribution in [0.15, 0.2) is 54.9 Å². The Balaban J connectivity index is 1.53. The maximum absolute atomic E-state index is 5.46. The van der Waals surface area contributed by atoms with Gasteiger partial charge in [-0.2, -0.15) is 0 Å². The molecule has 0 radical (unpaired) electrons. The maximum atomic E-state index is 5.46. The van der Waals surface area contributed by atoms with Crippen LogP contribution in [0.2, 0.25) is 0 Å². The topological polar surface area (TPSA) is 51.1 Å². The fourth-order valence-electron chi connectivity index (χ4n) is 3.49. The van der Waals surface area contributed by atoms with Gasteiger partial charge in [0.05, 0.1) is 18.9 Å². The summed E-state index contributed by atoms with van der Waals surface area (Å²) in [6, 6.07) is 14.9. The Labute approximate surface area is 167 Å². The van der Waals surface area contributed by atoms with Crippen LogP contribution < -0.4 is 4.90 Å². The van der Waals surface area contributed by atoms with Gasteiger partial charge in [-0.15, -0.1) is 11.3 Å². The van der Waals surface area contributed by atoms with Gasteiger partial charge in [-0.25, -0.2) is 9.97 Å². The van der Waals surface area contributed by atoms with Crippen molar-refractivity contribution >= 4 is 27.2 Å². The average Bonchev–Trinajstić information content (AvgIpc) is 3.18. The number of morpholine rings is 1. The molecule has 1 aromatic carbocycles. The Bertz CT molecular complexity index is 1100. The third kappa shape index (κ3) is 3.37. The molecule has 140 valence electrons. The second-order valence-electron chi connectivity index (χ2n) is 6.87. The van der Waals surface area contributed by atoms with Gasteiger partial charge in [0, 0.05) is 52.3 Å². The molecule has 0 unspecified atom stereocenters. The third-order valence-corrected chi connectivity index (χ3v) is 6.07. The molecule has 1 saturated heterocycles. The van der Waals surface area contributed by atoms with Crippen molar-refractivity contribution in [1.29, 1.82) is 0 Å². The van der Waals surface area contributed by atoms with E-state index in [9.17, 15) is 0 Å². The molecule has 0 spiro atoms. The van der Waals surface area contributed by atoms with Crippen LogP contribution in [0, 0.1) is 6.92 Å². The van der Waals surface area contributed by atoms with Crippen molar-refractivity contribution in [2.24, 2.45) is 0 Å². The Morgan fingerprint density at radius 2 is 1.79 bits per heavy atom. The Kier molecular flexibility index (Phi) is 4.50. The van der Waals surface area contributed by atoms with Crippen LogP contribution in [0.5, 0.6) is 0 Å². The Morgan fingerprint density at radius 3 is 2.64 bits per heavy atom. The maximum Gasteiger partial charge on any atom is 0.133 e. The Morgan fingerprint density at radius 1 is 0.964 bits per heavy atom. The van der Waals surface area contributed by atoms with Crippen molar-refractivity contribution in [1.82, 2.24) is 15.0 Å². The highest BCUT2D eigenvalue weighted by Crippen LogP contribution is 2.34. The predicted octanol–water partition coefficient (Wildman–Crippen LogP) is 4.57. The summed E-state index contributed by atoms with van der Waals surface area (Å²) >= 11 is 1.79. The zero-order chi connectivity index (χ0) is 18.9. The minimum atomic E-state index is 0.737. The number of fused-ring (bicyclic) bond motifs is 1. The number of nitrogens with zero attached hydrogens (tertiary/aromatic N) is 4. The van der Waals surface area contributed by atoms with Crippen LogP contribution >= 0.6 is 11.3 Å². The molecule has 3 aromatic heterocycles. The van der Waals surface area contributed by atoms with Crippen LogP contribution in [0.4, 0.5) is 5.82 Å². The molecule has 5 rings (SSSR count). The number of aryl methyl sites for hydroxylation is 1. The minimum absolute atomic E-state index is 0.737. The fraction of sp³-hybridized carbons (Fsp3) is 0.227. The number of hydrogen-bond donors (Lipinski definition) is 0. The smallest absolute Gasteiger partial charge is 0.133 e. The number of rotatable bonds is 3. The molecule has 1 fully saturated rings. The summed E-state index contributed by atoms with van der Waals surface area (Å²) in [5.41, 5.74) is 3.03. The molecule has 0 N–H and O–H groups in total. The summed E-state index contributed by atoms with van der Waals surface area (Å²) in [6.07, 6.45) is 3.80. The molecule has 0 amide bonds. The van der Waals surface area contributed by atoms with Crippen molar-refractivity contribution in [3.8, 4) is 21.7 Å². The largest absolute Gasteiger partial charge is 0.378 e. The van der Waals surface area contributed by atoms with Gasteiger partial charge in [-0.3, -0.25) is 4.98 Å². The van der Waals surface area contributed by atoms with Crippen molar-refractivity contribution in [3.05, 3.63) is 60.7 Å². The standard InChI is InChI=1S/C22H20N4OS/c1-15-24-19(12-22(25-15)26-6-8-27-9-7-26)17-10-18(14-23-13-17)21-11-16-4-2-3-5-20(16)28-21/h2-5,10-14H,6-9H2,1H3. The van der Waals surface area contributed by atoms with Gasteiger partial charge < -0.3 is 9.64 Å². The SMILES string of the molecule is Cc1nc(-c2cncc(-c3cc4ccccc4s3)c2)cc(N2CCOCC2)n1. The van der Waals surface area contributed by atoms with Gasteiger partial charge in [-0.1, -0.05) is 18.2 Å². The van der Waals surface area contributed by atoms with Gasteiger partial charge in [0.1, 0.15) is 11.6 Å². The lowest BCUT2D eigenvalue weighted by Gasteiger charge is -2.28. The molecule has 4 heterocycles. The molecule has 28 heavy (non-hydrogen) atoms. The summed E-state index contributed by atoms with van der Waals surface area (Å²) < 4.78 is 6.75. The van der Waals surface area contributed by atoms with Crippen molar-refractivity contribution < 1.29 is 4.74 Å². The van der Waals surface area contributed by atoms with Gasteiger partial charge in [0.15, 0.2) is 0 Å². The highest BCUT2D eigenvalue weighted by atomic mass is 32.1. The molecule has 4 aromatic rings. The quantitative estimate of drug-likeness (QED) is 0.515. The second kappa shape index (κ2) is 7.30. The summed E-state index contributed by atoms with van der Waals surface area (Å²) in [5, 5.41) is 1.26. The van der Waals surface area contributed by atoms with Gasteiger partial charge in [0.2, 0.25) is 0 Å². The van der Waals surface area contributed by atoms with Crippen molar-refractivity contribution in [2.75, 3.05) is 31.2 Å². The lowest BCUT2D eigenvalue weighted by Crippen LogP contribution is -2.36. The Hall–Kier alpha value is -2.83. The van der Waals surface area contributed by atoms with Gasteiger partial charge in [-0.05, 0) is 30.5 Å². The summed E-state index contributed by atoms with van der Waals surface area (Å²) in [4.78, 5) is 17.3. The predicted molar refractivity (Wildman–Crippen MR) is 114 cm³/mol. The van der Waals surface area contributed by atoms with Crippen LogP contribution in [0.25, 0.3) is 31.8 Å². The van der Waals surface area contributed by atoms with E-state index in [0.29, 0.717) is 0 Å². The number of pyridine rings is 1. The molecule has 0 aliphatic carbocycles. The van der Waals surface area contributed by atoms with E-state index in [1.807, 2.05) is 19.3 Å². The van der Waals surface area contributed by atoms with E-state index < -0.39 is 0 Å². The first-order chi connectivity index (χ1) is 13.8. The average molecular weight is 388 g/mol. The normalized spacial score (nSPS) is 14.5.